The summed E-state index contributed by atoms with van der Waals surface area (Å²) in [5.74, 6) is 0.840. The fourth-order valence-corrected chi connectivity index (χ4v) is 4.69. The van der Waals surface area contributed by atoms with E-state index in [9.17, 15) is 9.90 Å². The Labute approximate surface area is 213 Å². The van der Waals surface area contributed by atoms with Gasteiger partial charge in [0.1, 0.15) is 28.8 Å². The molecule has 5 rings (SSSR count). The molecule has 4 heterocycles. The van der Waals surface area contributed by atoms with E-state index < -0.39 is 17.9 Å². The lowest BCUT2D eigenvalue weighted by Crippen LogP contribution is -2.47. The van der Waals surface area contributed by atoms with Gasteiger partial charge in [0.25, 0.3) is 0 Å². The Bertz CT molecular complexity index is 1410. The Hall–Kier alpha value is -3.95. The van der Waals surface area contributed by atoms with E-state index in [0.29, 0.717) is 53.2 Å². The molecule has 0 bridgehead atoms. The van der Waals surface area contributed by atoms with E-state index in [1.807, 2.05) is 6.07 Å². The number of carbonyl (C=O) groups excluding carboxylic acids is 1. The lowest BCUT2D eigenvalue weighted by Gasteiger charge is -2.35. The summed E-state index contributed by atoms with van der Waals surface area (Å²) in [5, 5.41) is 19.6. The van der Waals surface area contributed by atoms with Crippen molar-refractivity contribution in [2.75, 3.05) is 20.2 Å². The number of nitrogens with zero attached hydrogens (tertiary/aromatic N) is 4. The second-order valence-electron chi connectivity index (χ2n) is 10.2. The van der Waals surface area contributed by atoms with E-state index in [-0.39, 0.29) is 24.0 Å². The molecule has 2 aliphatic rings. The Morgan fingerprint density at radius 3 is 2.84 bits per heavy atom. The molecule has 1 fully saturated rings. The molecule has 9 nitrogen and oxygen atoms in total. The number of carbonyl (C=O) groups is 1. The van der Waals surface area contributed by atoms with Crippen LogP contribution in [-0.2, 0) is 11.2 Å². The quantitative estimate of drug-likeness (QED) is 0.444. The number of halogens is 1. The standard InChI is InChI=1S/C27H29FN4O5/c1-27(2,3)37-26(34)32-11-9-15(19(28)14-32)12-18-21(35-4)8-7-17-23(33)22(36-24(17)18)13-20-16-6-5-10-29-25(16)31-30-20/h5-8,10,13,15,19,33H,9,11-12,14H2,1-4H3/t15-,19-/m1/s1. The van der Waals surface area contributed by atoms with E-state index in [0.717, 1.165) is 5.56 Å². The number of aromatic hydroxyl groups is 1. The van der Waals surface area contributed by atoms with Crippen LogP contribution < -0.4 is 4.74 Å². The van der Waals surface area contributed by atoms with Crippen LogP contribution in [0.4, 0.5) is 15.0 Å². The smallest absolute Gasteiger partial charge is 0.410 e. The summed E-state index contributed by atoms with van der Waals surface area (Å²) in [6.07, 6.45) is 2.25. The van der Waals surface area contributed by atoms with Gasteiger partial charge in [-0.15, -0.1) is 10.2 Å². The second kappa shape index (κ2) is 9.49. The number of benzene rings is 1. The highest BCUT2D eigenvalue weighted by Gasteiger charge is 2.35. The third kappa shape index (κ3) is 4.87. The number of methoxy groups -OCH3 is 1. The number of hydrogen-bond donors (Lipinski definition) is 1. The highest BCUT2D eigenvalue weighted by molar-refractivity contribution is 5.95. The number of aromatic nitrogens is 1. The lowest BCUT2D eigenvalue weighted by molar-refractivity contribution is 0.00547. The molecule has 0 unspecified atom stereocenters. The number of pyridine rings is 1. The zero-order chi connectivity index (χ0) is 26.3. The van der Waals surface area contributed by atoms with Crippen LogP contribution in [0.2, 0.25) is 0 Å². The molecule has 194 valence electrons. The molecule has 1 aromatic carbocycles. The third-order valence-corrected chi connectivity index (χ3v) is 6.51. The van der Waals surface area contributed by atoms with Gasteiger partial charge in [0.15, 0.2) is 17.3 Å². The van der Waals surface area contributed by atoms with Crippen LogP contribution in [0.5, 0.6) is 11.5 Å². The first-order valence-corrected chi connectivity index (χ1v) is 12.2. The molecular weight excluding hydrogens is 479 g/mol. The molecule has 0 saturated carbocycles. The minimum Gasteiger partial charge on any atom is -0.504 e. The number of azo groups is 1. The van der Waals surface area contributed by atoms with Gasteiger partial charge in [-0.3, -0.25) is 0 Å². The summed E-state index contributed by atoms with van der Waals surface area (Å²) in [7, 11) is 1.54. The van der Waals surface area contributed by atoms with Gasteiger partial charge in [0.2, 0.25) is 0 Å². The van der Waals surface area contributed by atoms with Crippen molar-refractivity contribution in [3.8, 4) is 11.5 Å². The van der Waals surface area contributed by atoms with E-state index in [2.05, 4.69) is 15.2 Å². The number of alkyl halides is 1. The molecule has 37 heavy (non-hydrogen) atoms. The van der Waals surface area contributed by atoms with Crippen LogP contribution in [0.1, 0.15) is 44.1 Å². The van der Waals surface area contributed by atoms with Gasteiger partial charge in [-0.25, -0.2) is 14.2 Å². The van der Waals surface area contributed by atoms with Crippen LogP contribution in [0.25, 0.3) is 22.7 Å². The van der Waals surface area contributed by atoms with Gasteiger partial charge < -0.3 is 23.9 Å². The maximum Gasteiger partial charge on any atom is 0.410 e. The van der Waals surface area contributed by atoms with Gasteiger partial charge in [0.05, 0.1) is 19.0 Å². The maximum absolute atomic E-state index is 15.3. The normalized spacial score (nSPS) is 20.5. The molecule has 3 aromatic rings. The molecule has 2 aromatic heterocycles. The summed E-state index contributed by atoms with van der Waals surface area (Å²) in [6, 6.07) is 7.07. The molecule has 1 N–H and O–H groups in total. The number of amides is 1. The summed E-state index contributed by atoms with van der Waals surface area (Å²) >= 11 is 0. The summed E-state index contributed by atoms with van der Waals surface area (Å²) < 4.78 is 32.4. The van der Waals surface area contributed by atoms with E-state index in [4.69, 9.17) is 13.9 Å². The minimum absolute atomic E-state index is 0.0446. The van der Waals surface area contributed by atoms with Gasteiger partial charge in [0, 0.05) is 29.9 Å². The molecule has 2 atom stereocenters. The Morgan fingerprint density at radius 2 is 2.11 bits per heavy atom. The lowest BCUT2D eigenvalue weighted by atomic mass is 9.88. The van der Waals surface area contributed by atoms with Gasteiger partial charge in [-0.2, -0.15) is 0 Å². The van der Waals surface area contributed by atoms with Crippen LogP contribution >= 0.6 is 0 Å². The van der Waals surface area contributed by atoms with Crippen molar-refractivity contribution in [3.63, 3.8) is 0 Å². The monoisotopic (exact) mass is 508 g/mol. The fraction of sp³-hybridized carbons (Fsp3) is 0.407. The van der Waals surface area contributed by atoms with Gasteiger partial charge in [-0.1, -0.05) is 0 Å². The van der Waals surface area contributed by atoms with E-state index in [1.54, 1.807) is 51.2 Å². The van der Waals surface area contributed by atoms with Crippen molar-refractivity contribution in [2.45, 2.75) is 45.4 Å². The predicted octanol–water partition coefficient (Wildman–Crippen LogP) is 6.28. The molecule has 0 spiro atoms. The maximum atomic E-state index is 15.3. The largest absolute Gasteiger partial charge is 0.504 e. The second-order valence-corrected chi connectivity index (χ2v) is 10.2. The Kier molecular flexibility index (Phi) is 6.35. The summed E-state index contributed by atoms with van der Waals surface area (Å²) in [5.41, 5.74) is 1.69. The number of fused-ring (bicyclic) bond motifs is 2. The van der Waals surface area contributed by atoms with Crippen LogP contribution in [0.3, 0.4) is 0 Å². The molecule has 10 heteroatoms. The number of likely N-dealkylation sites (tertiary alicyclic amines) is 1. The predicted molar refractivity (Wildman–Crippen MR) is 136 cm³/mol. The summed E-state index contributed by atoms with van der Waals surface area (Å²) in [6.45, 7) is 5.69. The Balaban J connectivity index is 1.42. The molecule has 2 aliphatic heterocycles. The number of piperidine rings is 1. The first-order chi connectivity index (χ1) is 17.6. The van der Waals surface area contributed by atoms with Crippen molar-refractivity contribution < 1.29 is 28.2 Å². The first-order valence-electron chi connectivity index (χ1n) is 12.2. The third-order valence-electron chi connectivity index (χ3n) is 6.51. The van der Waals surface area contributed by atoms with E-state index >= 15 is 4.39 Å². The molecule has 1 amide bonds. The average molecular weight is 509 g/mol. The SMILES string of the molecule is COc1ccc2c(O)c(C=C3N=Nc4ncccc43)oc2c1C[C@H]1CCN(C(=O)OC(C)(C)C)C[C@H]1F. The topological polar surface area (TPSA) is 110 Å². The van der Waals surface area contributed by atoms with Crippen LogP contribution in [0.15, 0.2) is 45.1 Å². The van der Waals surface area contributed by atoms with Crippen LogP contribution in [0, 0.1) is 5.92 Å². The fourth-order valence-electron chi connectivity index (χ4n) is 4.69. The highest BCUT2D eigenvalue weighted by atomic mass is 19.1. The van der Waals surface area contributed by atoms with Crippen molar-refractivity contribution in [1.82, 2.24) is 9.88 Å². The van der Waals surface area contributed by atoms with Crippen molar-refractivity contribution in [2.24, 2.45) is 16.1 Å². The first kappa shape index (κ1) is 24.7. The zero-order valence-corrected chi connectivity index (χ0v) is 21.2. The summed E-state index contributed by atoms with van der Waals surface area (Å²) in [4.78, 5) is 18.0. The molecule has 0 radical (unpaired) electrons. The molecular formula is C27H29FN4O5. The van der Waals surface area contributed by atoms with Gasteiger partial charge >= 0.3 is 6.09 Å². The van der Waals surface area contributed by atoms with Gasteiger partial charge in [-0.05, 0) is 63.8 Å². The average Bonchev–Trinajstić information content (AvgIpc) is 3.40. The van der Waals surface area contributed by atoms with Crippen molar-refractivity contribution in [1.29, 1.82) is 0 Å². The zero-order valence-electron chi connectivity index (χ0n) is 21.2. The number of furan rings is 1. The Morgan fingerprint density at radius 1 is 1.30 bits per heavy atom. The number of rotatable bonds is 4. The van der Waals surface area contributed by atoms with Crippen LogP contribution in [-0.4, -0.2) is 53.1 Å². The van der Waals surface area contributed by atoms with Crippen molar-refractivity contribution in [3.05, 3.63) is 47.3 Å². The number of ether oxygens (including phenoxy) is 2. The molecule has 0 aliphatic carbocycles. The molecule has 1 saturated heterocycles. The minimum atomic E-state index is -1.26. The highest BCUT2D eigenvalue weighted by Crippen LogP contribution is 2.42. The number of hydrogen-bond acceptors (Lipinski definition) is 8. The van der Waals surface area contributed by atoms with E-state index in [1.165, 1.54) is 12.0 Å². The van der Waals surface area contributed by atoms with Crippen molar-refractivity contribution >= 4 is 34.7 Å².